The van der Waals surface area contributed by atoms with Crippen LogP contribution in [-0.4, -0.2) is 47.5 Å². The largest absolute Gasteiger partial charge is 0.364 e. The van der Waals surface area contributed by atoms with Crippen LogP contribution in [0.3, 0.4) is 0 Å². The number of aromatic nitrogens is 1. The number of hydrogen-bond donors (Lipinski definition) is 3. The minimum absolute atomic E-state index is 0.0368. The maximum absolute atomic E-state index is 12.3. The lowest BCUT2D eigenvalue weighted by molar-refractivity contribution is 0.0961. The van der Waals surface area contributed by atoms with Crippen LogP contribution in [0.2, 0.25) is 0 Å². The predicted molar refractivity (Wildman–Crippen MR) is 86.0 cm³/mol. The smallest absolute Gasteiger partial charge is 0.317 e. The summed E-state index contributed by atoms with van der Waals surface area (Å²) in [5.41, 5.74) is 1.35. The molecule has 0 spiro atoms. The molecule has 1 aliphatic rings. The van der Waals surface area contributed by atoms with Gasteiger partial charge in [0, 0.05) is 43.5 Å². The average Bonchev–Trinajstić information content (AvgIpc) is 2.94. The summed E-state index contributed by atoms with van der Waals surface area (Å²) in [5.74, 6) is 0.0780. The Morgan fingerprint density at radius 1 is 1.36 bits per heavy atom. The molecule has 3 N–H and O–H groups in total. The van der Waals surface area contributed by atoms with E-state index < -0.39 is 0 Å². The van der Waals surface area contributed by atoms with Gasteiger partial charge >= 0.3 is 6.03 Å². The van der Waals surface area contributed by atoms with Crippen LogP contribution in [-0.2, 0) is 0 Å². The molecule has 6 nitrogen and oxygen atoms in total. The minimum atomic E-state index is -0.246. The monoisotopic (exact) mass is 306 g/mol. The van der Waals surface area contributed by atoms with E-state index in [0.717, 1.165) is 25.1 Å². The Morgan fingerprint density at radius 3 is 2.73 bits per heavy atom. The lowest BCUT2D eigenvalue weighted by Crippen LogP contribution is -2.51. The van der Waals surface area contributed by atoms with Crippen LogP contribution >= 0.6 is 0 Å². The van der Waals surface area contributed by atoms with Gasteiger partial charge in [0.1, 0.15) is 0 Å². The van der Waals surface area contributed by atoms with Gasteiger partial charge in [-0.25, -0.2) is 4.79 Å². The number of rotatable bonds is 2. The zero-order valence-electron chi connectivity index (χ0n) is 13.8. The number of amides is 3. The molecule has 0 radical (unpaired) electrons. The van der Waals surface area contributed by atoms with E-state index in [1.54, 1.807) is 19.3 Å². The molecule has 2 rings (SSSR count). The van der Waals surface area contributed by atoms with E-state index in [-0.39, 0.29) is 23.4 Å². The summed E-state index contributed by atoms with van der Waals surface area (Å²) < 4.78 is 0. The van der Waals surface area contributed by atoms with Gasteiger partial charge < -0.3 is 20.5 Å². The lowest BCUT2D eigenvalue weighted by Gasteiger charge is -2.35. The van der Waals surface area contributed by atoms with E-state index in [2.05, 4.69) is 15.6 Å². The molecule has 1 unspecified atom stereocenters. The number of likely N-dealkylation sites (tertiary alicyclic amines) is 1. The average molecular weight is 306 g/mol. The number of piperidine rings is 1. The van der Waals surface area contributed by atoms with Crippen LogP contribution in [0, 0.1) is 0 Å². The van der Waals surface area contributed by atoms with Gasteiger partial charge in [-0.15, -0.1) is 0 Å². The molecule has 122 valence electrons. The van der Waals surface area contributed by atoms with Crippen molar-refractivity contribution in [3.8, 4) is 0 Å². The first-order valence-electron chi connectivity index (χ1n) is 7.78. The molecular weight excluding hydrogens is 280 g/mol. The van der Waals surface area contributed by atoms with Gasteiger partial charge in [0.25, 0.3) is 5.91 Å². The quantitative estimate of drug-likeness (QED) is 0.782. The van der Waals surface area contributed by atoms with E-state index in [1.807, 2.05) is 25.7 Å². The van der Waals surface area contributed by atoms with E-state index in [9.17, 15) is 9.59 Å². The van der Waals surface area contributed by atoms with Crippen molar-refractivity contribution in [3.05, 3.63) is 23.5 Å². The Balaban J connectivity index is 2.10. The maximum Gasteiger partial charge on any atom is 0.317 e. The molecule has 1 fully saturated rings. The predicted octanol–water partition coefficient (Wildman–Crippen LogP) is 2.06. The molecule has 2 heterocycles. The second-order valence-corrected chi connectivity index (χ2v) is 6.85. The molecule has 1 atom stereocenters. The van der Waals surface area contributed by atoms with Crippen molar-refractivity contribution in [2.45, 2.75) is 45.1 Å². The number of carbonyl (C=O) groups is 2. The summed E-state index contributed by atoms with van der Waals surface area (Å²) in [4.78, 5) is 29.3. The van der Waals surface area contributed by atoms with Gasteiger partial charge in [0.2, 0.25) is 0 Å². The van der Waals surface area contributed by atoms with Crippen molar-refractivity contribution in [1.29, 1.82) is 0 Å². The van der Waals surface area contributed by atoms with Crippen LogP contribution in [0.15, 0.2) is 12.3 Å². The molecule has 0 aliphatic carbocycles. The SMILES string of the molecule is CNC(=O)c1cc[nH]c1C1CCCN(C(=O)NC(C)(C)C)C1. The molecule has 1 aromatic heterocycles. The topological polar surface area (TPSA) is 77.2 Å². The van der Waals surface area contributed by atoms with Crippen LogP contribution < -0.4 is 10.6 Å². The molecule has 1 aliphatic heterocycles. The first-order chi connectivity index (χ1) is 10.3. The van der Waals surface area contributed by atoms with Crippen molar-refractivity contribution in [2.24, 2.45) is 0 Å². The molecule has 1 aromatic rings. The zero-order chi connectivity index (χ0) is 16.3. The van der Waals surface area contributed by atoms with Gasteiger partial charge in [0.05, 0.1) is 5.56 Å². The van der Waals surface area contributed by atoms with Gasteiger partial charge in [0.15, 0.2) is 0 Å². The summed E-state index contributed by atoms with van der Waals surface area (Å²) in [7, 11) is 1.63. The molecule has 22 heavy (non-hydrogen) atoms. The van der Waals surface area contributed by atoms with Gasteiger partial charge in [-0.2, -0.15) is 0 Å². The summed E-state index contributed by atoms with van der Waals surface area (Å²) in [6, 6.07) is 1.76. The highest BCUT2D eigenvalue weighted by Crippen LogP contribution is 2.28. The molecule has 1 saturated heterocycles. The fourth-order valence-corrected chi connectivity index (χ4v) is 2.85. The Kier molecular flexibility index (Phi) is 4.78. The number of carbonyl (C=O) groups excluding carboxylic acids is 2. The normalized spacial score (nSPS) is 18.9. The third-order valence-electron chi connectivity index (χ3n) is 3.85. The van der Waals surface area contributed by atoms with Crippen molar-refractivity contribution < 1.29 is 9.59 Å². The standard InChI is InChI=1S/C16H26N4O2/c1-16(2,3)19-15(22)20-9-5-6-11(10-20)13-12(7-8-18-13)14(21)17-4/h7-8,11,18H,5-6,9-10H2,1-4H3,(H,17,21)(H,19,22). The van der Waals surface area contributed by atoms with Gasteiger partial charge in [-0.1, -0.05) is 0 Å². The highest BCUT2D eigenvalue weighted by molar-refractivity contribution is 5.95. The van der Waals surface area contributed by atoms with E-state index in [4.69, 9.17) is 0 Å². The molecule has 0 saturated carbocycles. The Hall–Kier alpha value is -1.98. The first-order valence-corrected chi connectivity index (χ1v) is 7.78. The number of urea groups is 1. The minimum Gasteiger partial charge on any atom is -0.364 e. The van der Waals surface area contributed by atoms with Crippen LogP contribution in [0.5, 0.6) is 0 Å². The molecule has 0 bridgehead atoms. The second-order valence-electron chi connectivity index (χ2n) is 6.85. The van der Waals surface area contributed by atoms with Crippen LogP contribution in [0.4, 0.5) is 4.79 Å². The third-order valence-corrected chi connectivity index (χ3v) is 3.85. The summed E-state index contributed by atoms with van der Waals surface area (Å²) in [5, 5.41) is 5.66. The summed E-state index contributed by atoms with van der Waals surface area (Å²) >= 11 is 0. The van der Waals surface area contributed by atoms with Crippen LogP contribution in [0.25, 0.3) is 0 Å². The number of H-pyrrole nitrogens is 1. The number of aromatic amines is 1. The number of nitrogens with zero attached hydrogens (tertiary/aromatic N) is 1. The summed E-state index contributed by atoms with van der Waals surface area (Å²) in [6.07, 6.45) is 3.70. The molecular formula is C16H26N4O2. The number of hydrogen-bond acceptors (Lipinski definition) is 2. The van der Waals surface area contributed by atoms with E-state index in [0.29, 0.717) is 12.1 Å². The molecule has 6 heteroatoms. The highest BCUT2D eigenvalue weighted by atomic mass is 16.2. The van der Waals surface area contributed by atoms with Crippen molar-refractivity contribution in [1.82, 2.24) is 20.5 Å². The second kappa shape index (κ2) is 6.42. The summed E-state index contributed by atoms with van der Waals surface area (Å²) in [6.45, 7) is 7.31. The van der Waals surface area contributed by atoms with E-state index >= 15 is 0 Å². The Labute approximate surface area is 131 Å². The molecule has 0 aromatic carbocycles. The highest BCUT2D eigenvalue weighted by Gasteiger charge is 2.29. The fourth-order valence-electron chi connectivity index (χ4n) is 2.85. The van der Waals surface area contributed by atoms with Gasteiger partial charge in [-0.3, -0.25) is 4.79 Å². The molecule has 3 amide bonds. The zero-order valence-corrected chi connectivity index (χ0v) is 13.8. The maximum atomic E-state index is 12.3. The Morgan fingerprint density at radius 2 is 2.09 bits per heavy atom. The van der Waals surface area contributed by atoms with E-state index in [1.165, 1.54) is 0 Å². The van der Waals surface area contributed by atoms with Crippen molar-refractivity contribution in [2.75, 3.05) is 20.1 Å². The number of nitrogens with one attached hydrogen (secondary N) is 3. The van der Waals surface area contributed by atoms with Crippen molar-refractivity contribution in [3.63, 3.8) is 0 Å². The van der Waals surface area contributed by atoms with Crippen molar-refractivity contribution >= 4 is 11.9 Å². The van der Waals surface area contributed by atoms with Gasteiger partial charge in [-0.05, 0) is 39.7 Å². The fraction of sp³-hybridized carbons (Fsp3) is 0.625. The lowest BCUT2D eigenvalue weighted by atomic mass is 9.92. The third kappa shape index (κ3) is 3.81. The first kappa shape index (κ1) is 16.4. The Bertz CT molecular complexity index is 545. The van der Waals surface area contributed by atoms with Crippen LogP contribution in [0.1, 0.15) is 55.6 Å².